The highest BCUT2D eigenvalue weighted by Crippen LogP contribution is 2.26. The number of amides is 1. The van der Waals surface area contributed by atoms with Gasteiger partial charge in [0.15, 0.2) is 5.60 Å². The number of aliphatic hydroxyl groups is 1. The van der Waals surface area contributed by atoms with Gasteiger partial charge >= 0.3 is 0 Å². The van der Waals surface area contributed by atoms with Crippen molar-refractivity contribution in [1.82, 2.24) is 14.8 Å². The van der Waals surface area contributed by atoms with E-state index in [1.165, 1.54) is 5.56 Å². The minimum atomic E-state index is -1.33. The van der Waals surface area contributed by atoms with Crippen LogP contribution in [0.2, 0.25) is 0 Å². The molecule has 0 radical (unpaired) electrons. The number of hydrogen-bond donors (Lipinski definition) is 1. The molecule has 2 aromatic rings. The zero-order valence-corrected chi connectivity index (χ0v) is 17.1. The Balaban J connectivity index is 1.63. The molecule has 1 aromatic heterocycles. The first-order chi connectivity index (χ1) is 13.4. The molecule has 0 spiro atoms. The zero-order valence-electron chi connectivity index (χ0n) is 17.1. The van der Waals surface area contributed by atoms with Crippen molar-refractivity contribution in [3.63, 3.8) is 0 Å². The second kappa shape index (κ2) is 8.84. The Bertz CT molecular complexity index is 776. The summed E-state index contributed by atoms with van der Waals surface area (Å²) < 4.78 is 0. The first-order valence-electron chi connectivity index (χ1n) is 10.1. The number of benzene rings is 1. The molecule has 28 heavy (non-hydrogen) atoms. The van der Waals surface area contributed by atoms with Crippen LogP contribution in [0.25, 0.3) is 0 Å². The summed E-state index contributed by atoms with van der Waals surface area (Å²) >= 11 is 0. The van der Waals surface area contributed by atoms with Crippen molar-refractivity contribution in [2.24, 2.45) is 0 Å². The molecule has 3 rings (SSSR count). The first kappa shape index (κ1) is 20.5. The molecule has 2 heterocycles. The number of carbonyl (C=O) groups excluding carboxylic acids is 1. The molecule has 5 nitrogen and oxygen atoms in total. The summed E-state index contributed by atoms with van der Waals surface area (Å²) in [6.45, 7) is 6.56. The minimum absolute atomic E-state index is 0.162. The van der Waals surface area contributed by atoms with Gasteiger partial charge in [-0.05, 0) is 48.6 Å². The van der Waals surface area contributed by atoms with Crippen molar-refractivity contribution in [3.05, 3.63) is 65.5 Å². The van der Waals surface area contributed by atoms with Gasteiger partial charge in [-0.25, -0.2) is 0 Å². The molecule has 1 aliphatic heterocycles. The molecule has 0 bridgehead atoms. The van der Waals surface area contributed by atoms with Gasteiger partial charge in [-0.3, -0.25) is 14.7 Å². The predicted molar refractivity (Wildman–Crippen MR) is 111 cm³/mol. The lowest BCUT2D eigenvalue weighted by atomic mass is 9.90. The topological polar surface area (TPSA) is 56.7 Å². The number of pyridine rings is 1. The average molecular weight is 382 g/mol. The lowest BCUT2D eigenvalue weighted by molar-refractivity contribution is -0.160. The normalized spacial score (nSPS) is 20.2. The van der Waals surface area contributed by atoms with Crippen LogP contribution in [0.1, 0.15) is 49.3 Å². The average Bonchev–Trinajstić information content (AvgIpc) is 2.66. The number of nitrogens with zero attached hydrogens (tertiary/aromatic N) is 3. The summed E-state index contributed by atoms with van der Waals surface area (Å²) in [6, 6.07) is 12.3. The number of likely N-dealkylation sites (N-methyl/N-ethyl adjacent to an activating group) is 1. The van der Waals surface area contributed by atoms with Crippen LogP contribution < -0.4 is 0 Å². The smallest absolute Gasteiger partial charge is 0.256 e. The van der Waals surface area contributed by atoms with Crippen molar-refractivity contribution in [2.45, 2.75) is 51.3 Å². The molecule has 1 aliphatic rings. The molecule has 1 atom stereocenters. The van der Waals surface area contributed by atoms with E-state index in [1.54, 1.807) is 11.1 Å². The van der Waals surface area contributed by atoms with Gasteiger partial charge in [0.1, 0.15) is 0 Å². The molecular formula is C23H31N3O2. The molecule has 5 heteroatoms. The number of aromatic nitrogens is 1. The molecular weight excluding hydrogens is 350 g/mol. The third-order valence-corrected chi connectivity index (χ3v) is 5.43. The Kier molecular flexibility index (Phi) is 6.47. The fourth-order valence-electron chi connectivity index (χ4n) is 3.90. The number of likely N-dealkylation sites (tertiary alicyclic amines) is 1. The van der Waals surface area contributed by atoms with Gasteiger partial charge in [-0.15, -0.1) is 0 Å². The van der Waals surface area contributed by atoms with Gasteiger partial charge in [0.2, 0.25) is 0 Å². The summed E-state index contributed by atoms with van der Waals surface area (Å²) in [5, 5.41) is 11.1. The molecule has 1 amide bonds. The maximum absolute atomic E-state index is 13.1. The first-order valence-corrected chi connectivity index (χ1v) is 10.1. The van der Waals surface area contributed by atoms with E-state index in [4.69, 9.17) is 0 Å². The Morgan fingerprint density at radius 1 is 1.21 bits per heavy atom. The largest absolute Gasteiger partial charge is 0.379 e. The van der Waals surface area contributed by atoms with Crippen LogP contribution in [0.15, 0.2) is 48.8 Å². The van der Waals surface area contributed by atoms with E-state index in [0.717, 1.165) is 17.5 Å². The zero-order chi connectivity index (χ0) is 20.1. The maximum atomic E-state index is 13.1. The van der Waals surface area contributed by atoms with Crippen LogP contribution in [0, 0.1) is 0 Å². The van der Waals surface area contributed by atoms with Crippen molar-refractivity contribution < 1.29 is 9.90 Å². The predicted octanol–water partition coefficient (Wildman–Crippen LogP) is 3.19. The molecule has 1 fully saturated rings. The minimum Gasteiger partial charge on any atom is -0.379 e. The van der Waals surface area contributed by atoms with Crippen molar-refractivity contribution in [2.75, 3.05) is 20.1 Å². The van der Waals surface area contributed by atoms with Gasteiger partial charge in [0.25, 0.3) is 5.91 Å². The van der Waals surface area contributed by atoms with Gasteiger partial charge in [0.05, 0.1) is 0 Å². The molecule has 1 aromatic carbocycles. The van der Waals surface area contributed by atoms with Crippen molar-refractivity contribution in [1.29, 1.82) is 0 Å². The Morgan fingerprint density at radius 3 is 2.61 bits per heavy atom. The van der Waals surface area contributed by atoms with Crippen LogP contribution >= 0.6 is 0 Å². The maximum Gasteiger partial charge on any atom is 0.256 e. The highest BCUT2D eigenvalue weighted by Gasteiger charge is 2.42. The van der Waals surface area contributed by atoms with Crippen LogP contribution in [0.5, 0.6) is 0 Å². The van der Waals surface area contributed by atoms with E-state index in [0.29, 0.717) is 38.5 Å². The third kappa shape index (κ3) is 4.97. The molecule has 150 valence electrons. The second-order valence-corrected chi connectivity index (χ2v) is 8.29. The Morgan fingerprint density at radius 2 is 1.96 bits per heavy atom. The van der Waals surface area contributed by atoms with Crippen LogP contribution in [-0.4, -0.2) is 51.5 Å². The van der Waals surface area contributed by atoms with Gasteiger partial charge < -0.3 is 10.0 Å². The summed E-state index contributed by atoms with van der Waals surface area (Å²) in [4.78, 5) is 21.0. The van der Waals surface area contributed by atoms with Crippen molar-refractivity contribution in [3.8, 4) is 0 Å². The molecule has 1 N–H and O–H groups in total. The van der Waals surface area contributed by atoms with Crippen molar-refractivity contribution >= 4 is 5.91 Å². The lowest BCUT2D eigenvalue weighted by Crippen LogP contribution is -2.57. The monoisotopic (exact) mass is 381 g/mol. The number of rotatable bonds is 7. The molecule has 0 aliphatic carbocycles. The third-order valence-electron chi connectivity index (χ3n) is 5.43. The van der Waals surface area contributed by atoms with E-state index in [9.17, 15) is 9.90 Å². The van der Waals surface area contributed by atoms with Crippen LogP contribution in [-0.2, 0) is 17.9 Å². The summed E-state index contributed by atoms with van der Waals surface area (Å²) in [5.41, 5.74) is 2.14. The molecule has 1 saturated heterocycles. The summed E-state index contributed by atoms with van der Waals surface area (Å²) in [5.74, 6) is 0.329. The Hall–Kier alpha value is -2.24. The molecule has 0 unspecified atom stereocenters. The number of carbonyl (C=O) groups is 1. The number of piperidine rings is 1. The second-order valence-electron chi connectivity index (χ2n) is 8.29. The number of hydrogen-bond acceptors (Lipinski definition) is 4. The quantitative estimate of drug-likeness (QED) is 0.800. The molecule has 0 saturated carbocycles. The fourth-order valence-corrected chi connectivity index (χ4v) is 3.90. The van der Waals surface area contributed by atoms with Gasteiger partial charge in [0, 0.05) is 38.6 Å². The van der Waals surface area contributed by atoms with Crippen LogP contribution in [0.3, 0.4) is 0 Å². The van der Waals surface area contributed by atoms with E-state index in [2.05, 4.69) is 43.1 Å². The highest BCUT2D eigenvalue weighted by molar-refractivity contribution is 5.86. The summed E-state index contributed by atoms with van der Waals surface area (Å²) in [7, 11) is 1.93. The lowest BCUT2D eigenvalue weighted by Gasteiger charge is -2.40. The van der Waals surface area contributed by atoms with E-state index >= 15 is 0 Å². The summed E-state index contributed by atoms with van der Waals surface area (Å²) in [6.07, 6.45) is 4.88. The van der Waals surface area contributed by atoms with Crippen LogP contribution in [0.4, 0.5) is 0 Å². The van der Waals surface area contributed by atoms with E-state index in [-0.39, 0.29) is 5.91 Å². The highest BCUT2D eigenvalue weighted by atomic mass is 16.3. The fraction of sp³-hybridized carbons (Fsp3) is 0.478. The standard InChI is InChI=1S/C23H31N3O2/c1-18(2)21-9-7-19(8-10-21)16-26-13-5-11-23(28,22(26)27)17-25(3)15-20-6-4-12-24-14-20/h4,6-10,12,14,18,28H,5,11,13,15-17H2,1-3H3/t23-/m0/s1. The van der Waals surface area contributed by atoms with E-state index < -0.39 is 5.60 Å². The Labute approximate surface area is 168 Å². The van der Waals surface area contributed by atoms with E-state index in [1.807, 2.05) is 30.3 Å². The SMILES string of the molecule is CC(C)c1ccc(CN2CCC[C@](O)(CN(C)Cc3cccnc3)C2=O)cc1. The van der Waals surface area contributed by atoms with Gasteiger partial charge in [-0.1, -0.05) is 44.2 Å². The van der Waals surface area contributed by atoms with Gasteiger partial charge in [-0.2, -0.15) is 0 Å².